The summed E-state index contributed by atoms with van der Waals surface area (Å²) >= 11 is 0. The first-order chi connectivity index (χ1) is 17.5. The van der Waals surface area contributed by atoms with Crippen molar-refractivity contribution in [3.8, 4) is 0 Å². The largest absolute Gasteiger partial charge is 0.466 e. The van der Waals surface area contributed by atoms with Crippen LogP contribution in [0.1, 0.15) is 30.9 Å². The Morgan fingerprint density at radius 3 is 2.44 bits per heavy atom. The van der Waals surface area contributed by atoms with Gasteiger partial charge in [0, 0.05) is 6.54 Å². The van der Waals surface area contributed by atoms with Crippen LogP contribution in [0.15, 0.2) is 60.7 Å². The van der Waals surface area contributed by atoms with Crippen LogP contribution in [0.3, 0.4) is 0 Å². The zero-order valence-electron chi connectivity index (χ0n) is 20.3. The Balaban J connectivity index is 1.49. The fourth-order valence-electron chi connectivity index (χ4n) is 6.31. The summed E-state index contributed by atoms with van der Waals surface area (Å²) in [6.45, 7) is 1.91. The maximum absolute atomic E-state index is 14.0. The molecule has 3 saturated heterocycles. The Bertz CT molecular complexity index is 1110. The van der Waals surface area contributed by atoms with Crippen LogP contribution in [-0.4, -0.2) is 64.8 Å². The number of fused-ring (bicyclic) bond motifs is 1. The average molecular weight is 493 g/mol. The number of ether oxygens (including phenoxy) is 2. The molecule has 2 aromatic rings. The van der Waals surface area contributed by atoms with Crippen molar-refractivity contribution in [1.82, 2.24) is 10.2 Å². The molecular formula is C28H32N2O6. The number of likely N-dealkylation sites (tertiary alicyclic amines) is 1. The van der Waals surface area contributed by atoms with Gasteiger partial charge in [0.15, 0.2) is 0 Å². The lowest BCUT2D eigenvalue weighted by Crippen LogP contribution is -2.58. The van der Waals surface area contributed by atoms with Crippen LogP contribution in [0.5, 0.6) is 0 Å². The van der Waals surface area contributed by atoms with E-state index in [0.29, 0.717) is 25.8 Å². The smallest absolute Gasteiger partial charge is 0.312 e. The fourth-order valence-corrected chi connectivity index (χ4v) is 6.31. The summed E-state index contributed by atoms with van der Waals surface area (Å²) < 4.78 is 11.7. The highest BCUT2D eigenvalue weighted by Gasteiger charge is 2.75. The van der Waals surface area contributed by atoms with Crippen molar-refractivity contribution in [2.75, 3.05) is 13.2 Å². The molecule has 0 saturated carbocycles. The maximum Gasteiger partial charge on any atom is 0.312 e. The van der Waals surface area contributed by atoms with Gasteiger partial charge in [0.2, 0.25) is 11.8 Å². The van der Waals surface area contributed by atoms with E-state index in [-0.39, 0.29) is 25.0 Å². The number of carbonyl (C=O) groups excluding carboxylic acids is 3. The van der Waals surface area contributed by atoms with Gasteiger partial charge in [-0.3, -0.25) is 14.4 Å². The number of aliphatic hydroxyl groups excluding tert-OH is 1. The molecular weight excluding hydrogens is 460 g/mol. The van der Waals surface area contributed by atoms with Crippen LogP contribution < -0.4 is 5.32 Å². The number of nitrogens with one attached hydrogen (secondary N) is 1. The second-order valence-corrected chi connectivity index (χ2v) is 9.78. The molecule has 0 aromatic heterocycles. The Kier molecular flexibility index (Phi) is 6.81. The summed E-state index contributed by atoms with van der Waals surface area (Å²) in [6.07, 6.45) is 0.993. The summed E-state index contributed by atoms with van der Waals surface area (Å²) in [5, 5.41) is 13.4. The van der Waals surface area contributed by atoms with Gasteiger partial charge in [-0.1, -0.05) is 60.7 Å². The number of benzene rings is 2. The number of amides is 2. The second-order valence-electron chi connectivity index (χ2n) is 9.78. The van der Waals surface area contributed by atoms with Crippen molar-refractivity contribution in [2.24, 2.45) is 11.8 Å². The summed E-state index contributed by atoms with van der Waals surface area (Å²) in [7, 11) is 0. The highest BCUT2D eigenvalue weighted by molar-refractivity contribution is 5.98. The molecule has 2 aromatic carbocycles. The molecule has 5 rings (SSSR count). The summed E-state index contributed by atoms with van der Waals surface area (Å²) in [5.41, 5.74) is 0.749. The first-order valence-corrected chi connectivity index (χ1v) is 12.6. The summed E-state index contributed by atoms with van der Waals surface area (Å²) in [5.74, 6) is -2.70. The SMILES string of the molecule is CCOC(=O)[C@@H]1[C@@H]2CCC3(O2)C(C(=O)NCc2ccccc2)N([C@@H](CO)Cc2ccccc2)C(=O)[C@H]13. The van der Waals surface area contributed by atoms with Crippen molar-refractivity contribution < 1.29 is 29.0 Å². The fraction of sp³-hybridized carbons (Fsp3) is 0.464. The standard InChI is InChI=1S/C28H32N2O6/c1-2-35-27(34)22-21-13-14-28(36-21)23(22)26(33)30(20(17-31)15-18-9-5-3-6-10-18)24(28)25(32)29-16-19-11-7-4-8-12-19/h3-12,20-24,31H,2,13-17H2,1H3,(H,29,32)/t20-,21+,22-,23+,24?,28?/m1/s1. The third-order valence-electron chi connectivity index (χ3n) is 7.77. The van der Waals surface area contributed by atoms with Gasteiger partial charge in [-0.15, -0.1) is 0 Å². The number of aliphatic hydroxyl groups is 1. The van der Waals surface area contributed by atoms with Gasteiger partial charge >= 0.3 is 5.97 Å². The number of rotatable bonds is 9. The highest BCUT2D eigenvalue weighted by Crippen LogP contribution is 2.59. The van der Waals surface area contributed by atoms with E-state index >= 15 is 0 Å². The minimum absolute atomic E-state index is 0.202. The van der Waals surface area contributed by atoms with Gasteiger partial charge in [0.05, 0.1) is 37.2 Å². The lowest BCUT2D eigenvalue weighted by Gasteiger charge is -2.36. The molecule has 0 aliphatic carbocycles. The van der Waals surface area contributed by atoms with Gasteiger partial charge in [-0.25, -0.2) is 0 Å². The van der Waals surface area contributed by atoms with Crippen LogP contribution >= 0.6 is 0 Å². The minimum atomic E-state index is -1.12. The van der Waals surface area contributed by atoms with E-state index in [4.69, 9.17) is 9.47 Å². The Hall–Kier alpha value is -3.23. The Labute approximate surface area is 210 Å². The predicted octanol–water partition coefficient (Wildman–Crippen LogP) is 1.84. The molecule has 3 heterocycles. The van der Waals surface area contributed by atoms with Crippen LogP contribution in [0.2, 0.25) is 0 Å². The third-order valence-corrected chi connectivity index (χ3v) is 7.77. The van der Waals surface area contributed by atoms with Crippen molar-refractivity contribution in [1.29, 1.82) is 0 Å². The van der Waals surface area contributed by atoms with Gasteiger partial charge in [0.1, 0.15) is 11.6 Å². The number of hydrogen-bond acceptors (Lipinski definition) is 6. The molecule has 190 valence electrons. The molecule has 8 nitrogen and oxygen atoms in total. The Morgan fingerprint density at radius 2 is 1.81 bits per heavy atom. The zero-order chi connectivity index (χ0) is 25.3. The average Bonchev–Trinajstić information content (AvgIpc) is 3.54. The van der Waals surface area contributed by atoms with Crippen LogP contribution in [0.4, 0.5) is 0 Å². The molecule has 8 heteroatoms. The molecule has 2 N–H and O–H groups in total. The van der Waals surface area contributed by atoms with E-state index in [0.717, 1.165) is 11.1 Å². The third kappa shape index (κ3) is 4.08. The van der Waals surface area contributed by atoms with Crippen molar-refractivity contribution >= 4 is 17.8 Å². The van der Waals surface area contributed by atoms with E-state index in [1.54, 1.807) is 6.92 Å². The molecule has 2 bridgehead atoms. The van der Waals surface area contributed by atoms with E-state index < -0.39 is 41.6 Å². The van der Waals surface area contributed by atoms with E-state index in [1.165, 1.54) is 4.90 Å². The number of hydrogen-bond donors (Lipinski definition) is 2. The molecule has 2 amide bonds. The molecule has 3 aliphatic heterocycles. The molecule has 3 aliphatic rings. The van der Waals surface area contributed by atoms with Gasteiger partial charge in [-0.05, 0) is 37.3 Å². The molecule has 1 spiro atoms. The molecule has 6 atom stereocenters. The molecule has 36 heavy (non-hydrogen) atoms. The highest BCUT2D eigenvalue weighted by atomic mass is 16.6. The molecule has 2 unspecified atom stereocenters. The molecule has 0 radical (unpaired) electrons. The van der Waals surface area contributed by atoms with Crippen molar-refractivity contribution in [2.45, 2.75) is 56.5 Å². The monoisotopic (exact) mass is 492 g/mol. The van der Waals surface area contributed by atoms with Gasteiger partial charge in [-0.2, -0.15) is 0 Å². The first kappa shape index (κ1) is 24.5. The first-order valence-electron chi connectivity index (χ1n) is 12.6. The normalized spacial score (nSPS) is 29.2. The second kappa shape index (κ2) is 10.0. The van der Waals surface area contributed by atoms with Crippen molar-refractivity contribution in [3.63, 3.8) is 0 Å². The summed E-state index contributed by atoms with van der Waals surface area (Å²) in [6, 6.07) is 17.5. The minimum Gasteiger partial charge on any atom is -0.466 e. The van der Waals surface area contributed by atoms with Gasteiger partial charge in [0.25, 0.3) is 0 Å². The van der Waals surface area contributed by atoms with Crippen LogP contribution in [0.25, 0.3) is 0 Å². The van der Waals surface area contributed by atoms with Crippen LogP contribution in [0, 0.1) is 11.8 Å². The van der Waals surface area contributed by atoms with Crippen LogP contribution in [-0.2, 0) is 36.8 Å². The predicted molar refractivity (Wildman–Crippen MR) is 130 cm³/mol. The van der Waals surface area contributed by atoms with E-state index in [9.17, 15) is 19.5 Å². The lowest BCUT2D eigenvalue weighted by atomic mass is 9.71. The molecule has 3 fully saturated rings. The zero-order valence-corrected chi connectivity index (χ0v) is 20.3. The maximum atomic E-state index is 14.0. The van der Waals surface area contributed by atoms with Crippen molar-refractivity contribution in [3.05, 3.63) is 71.8 Å². The lowest BCUT2D eigenvalue weighted by molar-refractivity contribution is -0.155. The number of nitrogens with zero attached hydrogens (tertiary/aromatic N) is 1. The summed E-state index contributed by atoms with van der Waals surface area (Å²) in [4.78, 5) is 42.2. The number of carbonyl (C=O) groups is 3. The number of esters is 1. The quantitative estimate of drug-likeness (QED) is 0.518. The van der Waals surface area contributed by atoms with E-state index in [2.05, 4.69) is 5.32 Å². The Morgan fingerprint density at radius 1 is 1.14 bits per heavy atom. The topological polar surface area (TPSA) is 105 Å². The van der Waals surface area contributed by atoms with Gasteiger partial charge < -0.3 is 24.8 Å². The van der Waals surface area contributed by atoms with E-state index in [1.807, 2.05) is 60.7 Å².